The molecule has 0 unspecified atom stereocenters. The van der Waals surface area contributed by atoms with Gasteiger partial charge in [0.15, 0.2) is 0 Å². The maximum atomic E-state index is 14.7. The largest absolute Gasteiger partial charge is 0.508 e. The van der Waals surface area contributed by atoms with Gasteiger partial charge in [0.05, 0.1) is 68.2 Å². The van der Waals surface area contributed by atoms with Crippen molar-refractivity contribution in [2.75, 3.05) is 26.2 Å². The van der Waals surface area contributed by atoms with E-state index >= 15 is 0 Å². The first-order chi connectivity index (χ1) is 51.2. The Morgan fingerprint density at radius 2 is 1.01 bits per heavy atom. The molecule has 109 heavy (non-hydrogen) atoms. The Morgan fingerprint density at radius 1 is 0.514 bits per heavy atom. The second-order valence-corrected chi connectivity index (χ2v) is 28.6. The number of β-amino-alcohol motifs (C(OH)–C–C–N with tert-alkyl or cyclic N) is 1. The summed E-state index contributed by atoms with van der Waals surface area (Å²) in [6.07, 6.45) is -3.15. The number of rotatable bonds is 49. The number of aliphatic carboxylic acids is 1. The van der Waals surface area contributed by atoms with Crippen LogP contribution in [-0.2, 0) is 73.5 Å². The van der Waals surface area contributed by atoms with E-state index in [4.69, 9.17) is 11.5 Å². The van der Waals surface area contributed by atoms with Gasteiger partial charge < -0.3 is 126 Å². The van der Waals surface area contributed by atoms with Crippen LogP contribution in [0.15, 0.2) is 24.3 Å². The Bertz CT molecular complexity index is 3180. The Balaban J connectivity index is 1.77. The molecule has 38 heteroatoms. The van der Waals surface area contributed by atoms with Crippen molar-refractivity contribution in [2.24, 2.45) is 17.4 Å². The molecule has 616 valence electrons. The number of phenolic OH excluding ortho intramolecular Hbond substituents is 1. The molecule has 0 saturated carbocycles. The van der Waals surface area contributed by atoms with Gasteiger partial charge in [0.1, 0.15) is 72.2 Å². The molecule has 38 nitrogen and oxygen atoms in total. The smallest absolute Gasteiger partial charge is 0.326 e. The number of carbonyl (C=O) groups is 14. The maximum Gasteiger partial charge on any atom is 0.326 e. The molecule has 0 aromatic heterocycles. The summed E-state index contributed by atoms with van der Waals surface area (Å²) in [5.41, 5.74) is 11.1. The molecule has 0 spiro atoms. The molecule has 2 heterocycles. The molecule has 2 aliphatic heterocycles. The highest BCUT2D eigenvalue weighted by molar-refractivity contribution is 6.00. The van der Waals surface area contributed by atoms with Crippen LogP contribution in [0.1, 0.15) is 177 Å². The third-order valence-corrected chi connectivity index (χ3v) is 18.7. The van der Waals surface area contributed by atoms with Gasteiger partial charge in [0.2, 0.25) is 76.8 Å². The van der Waals surface area contributed by atoms with Crippen LogP contribution in [0.5, 0.6) is 5.75 Å². The number of nitrogens with zero attached hydrogens (tertiary/aromatic N) is 2. The minimum atomic E-state index is -2.20. The van der Waals surface area contributed by atoms with Crippen LogP contribution in [0.3, 0.4) is 0 Å². The summed E-state index contributed by atoms with van der Waals surface area (Å²) in [6.45, 7) is 8.90. The lowest BCUT2D eigenvalue weighted by Crippen LogP contribution is -2.64. The van der Waals surface area contributed by atoms with Gasteiger partial charge >= 0.3 is 5.97 Å². The fourth-order valence-corrected chi connectivity index (χ4v) is 12.4. The average molecular weight is 1550 g/mol. The molecule has 2 aliphatic rings. The van der Waals surface area contributed by atoms with Crippen LogP contribution in [0.25, 0.3) is 0 Å². The zero-order valence-corrected chi connectivity index (χ0v) is 63.4. The van der Waals surface area contributed by atoms with Crippen molar-refractivity contribution in [3.63, 3.8) is 0 Å². The summed E-state index contributed by atoms with van der Waals surface area (Å²) >= 11 is 0. The summed E-state index contributed by atoms with van der Waals surface area (Å²) in [4.78, 5) is 192. The molecule has 1 aromatic rings. The molecule has 2 saturated heterocycles. The van der Waals surface area contributed by atoms with Crippen LogP contribution < -0.4 is 64.6 Å². The van der Waals surface area contributed by atoms with Gasteiger partial charge in [-0.1, -0.05) is 104 Å². The van der Waals surface area contributed by atoms with E-state index in [2.05, 4.69) is 60.1 Å². The summed E-state index contributed by atoms with van der Waals surface area (Å²) in [5.74, 6) is -17.1. The number of aromatic hydroxyl groups is 1. The Hall–Kier alpha value is -8.76. The summed E-state index contributed by atoms with van der Waals surface area (Å²) in [7, 11) is 0. The average Bonchev–Trinajstić information content (AvgIpc) is 1.69. The zero-order chi connectivity index (χ0) is 82.1. The molecular formula is C71H118N14O24. The molecule has 1 aromatic carbocycles. The predicted molar refractivity (Wildman–Crippen MR) is 389 cm³/mol. The summed E-state index contributed by atoms with van der Waals surface area (Å²) < 4.78 is 0. The number of amides is 13. The molecule has 0 bridgehead atoms. The van der Waals surface area contributed by atoms with Crippen molar-refractivity contribution >= 4 is 82.8 Å². The van der Waals surface area contributed by atoms with Gasteiger partial charge in [-0.25, -0.2) is 4.79 Å². The standard InChI is InChI=1S/C71H118N14O24/c1-9-10-11-12-13-14-15-16-17-18-19-21-44(91)32-52(96)78-55(38(5)86)65(102)75-37(4)61(98)77-47(30-42-23-25-43(90)26-24-42)62(99)80-54(36(2)3)69(106)85-35-45(92)31-48(85)63(100)81-57(40(7)88)67(104)82-58(41(8)89)70(107)84-29-27-49(93)60(84)68(105)83-59(50(94)33-51(73)95)64(101)74-34-53(97)79-56(39(6)87)66(103)76-46(71(108)109)22-20-28-72/h23-26,36-41,44-50,54-60,86-94H,9-22,27-35,72H2,1-8H3,(H2,73,95)(H,74,101)(H,75,102)(H,76,103)(H,77,98)(H,78,96)(H,79,97)(H,80,99)(H,81,100)(H,82,104)(H,83,105)(H,108,109)/t37-,38-,39-,40-,41-,44-,45-,46+,47+,48+,49+,50-,54+,55-,56-,57+,58+,59+,60+/m1/s1. The van der Waals surface area contributed by atoms with E-state index in [-0.39, 0.29) is 44.4 Å². The second-order valence-electron chi connectivity index (χ2n) is 28.6. The first-order valence-corrected chi connectivity index (χ1v) is 37.3. The zero-order valence-electron chi connectivity index (χ0n) is 63.4. The van der Waals surface area contributed by atoms with E-state index in [1.807, 2.05) is 0 Å². The van der Waals surface area contributed by atoms with Crippen molar-refractivity contribution < 1.29 is 118 Å². The van der Waals surface area contributed by atoms with Crippen molar-refractivity contribution in [1.82, 2.24) is 63.0 Å². The fourth-order valence-electron chi connectivity index (χ4n) is 12.4. The third kappa shape index (κ3) is 31.6. The second kappa shape index (κ2) is 47.3. The quantitative estimate of drug-likeness (QED) is 0.0270. The lowest BCUT2D eigenvalue weighted by Gasteiger charge is -2.34. The van der Waals surface area contributed by atoms with Gasteiger partial charge in [-0.3, -0.25) is 62.3 Å². The molecule has 24 N–H and O–H groups in total. The minimum Gasteiger partial charge on any atom is -0.508 e. The number of primary amides is 1. The molecule has 3 rings (SSSR count). The van der Waals surface area contributed by atoms with E-state index < -0.39 is 236 Å². The Morgan fingerprint density at radius 3 is 1.54 bits per heavy atom. The highest BCUT2D eigenvalue weighted by Crippen LogP contribution is 2.25. The topological polar surface area (TPSA) is 620 Å². The van der Waals surface area contributed by atoms with Gasteiger partial charge in [0, 0.05) is 25.9 Å². The maximum absolute atomic E-state index is 14.7. The van der Waals surface area contributed by atoms with Gasteiger partial charge in [-0.05, 0) is 90.5 Å². The van der Waals surface area contributed by atoms with E-state index in [0.717, 1.165) is 51.4 Å². The number of aliphatic hydroxyl groups is 8. The van der Waals surface area contributed by atoms with Crippen LogP contribution in [-0.4, -0.2) is 285 Å². The monoisotopic (exact) mass is 1550 g/mol. The van der Waals surface area contributed by atoms with Crippen LogP contribution >= 0.6 is 0 Å². The van der Waals surface area contributed by atoms with Crippen molar-refractivity contribution in [3.05, 3.63) is 29.8 Å². The lowest BCUT2D eigenvalue weighted by molar-refractivity contribution is -0.147. The van der Waals surface area contributed by atoms with E-state index in [9.17, 15) is 118 Å². The number of aliphatic hydroxyl groups excluding tert-OH is 8. The number of carbonyl (C=O) groups excluding carboxylic acids is 13. The van der Waals surface area contributed by atoms with Gasteiger partial charge in [-0.2, -0.15) is 0 Å². The Labute approximate surface area is 633 Å². The van der Waals surface area contributed by atoms with Gasteiger partial charge in [-0.15, -0.1) is 0 Å². The highest BCUT2D eigenvalue weighted by Gasteiger charge is 2.48. The van der Waals surface area contributed by atoms with Gasteiger partial charge in [0.25, 0.3) is 0 Å². The van der Waals surface area contributed by atoms with Crippen molar-refractivity contribution in [2.45, 2.75) is 293 Å². The SMILES string of the molecule is CCCCCCCCCCCCC[C@@H](O)CC(=O)N[C@@H](C(=O)N[C@H](C)C(=O)N[C@@H](Cc1ccc(O)cc1)C(=O)N[C@H](C(=O)N1C[C@H](O)C[C@H]1C(=O)N[C@H](C(=O)N[C@H](C(=O)N1CC[C@H](O)[C@H]1C(=O)N[C@H](C(=O)NCC(=O)N[C@@H](C(=O)N[C@@H](CCCN)C(=O)O)[C@@H](C)O)[C@H](O)CC(N)=O)[C@@H](C)O)[C@@H](C)O)C(C)C)[C@@H](C)O. The molecule has 0 radical (unpaired) electrons. The molecule has 13 amide bonds. The number of hydrogen-bond acceptors (Lipinski definition) is 24. The fraction of sp³-hybridized carbons (Fsp3) is 0.718. The summed E-state index contributed by atoms with van der Waals surface area (Å²) in [5, 5.41) is 129. The normalized spacial score (nSPS) is 19.7. The van der Waals surface area contributed by atoms with E-state index in [1.165, 1.54) is 90.5 Å². The van der Waals surface area contributed by atoms with E-state index in [1.54, 1.807) is 0 Å². The first-order valence-electron chi connectivity index (χ1n) is 37.3. The predicted octanol–water partition coefficient (Wildman–Crippen LogP) is -5.95. The number of benzene rings is 1. The first kappa shape index (κ1) is 94.4. The number of unbranched alkanes of at least 4 members (excludes halogenated alkanes) is 10. The highest BCUT2D eigenvalue weighted by atomic mass is 16.4. The molecule has 19 atom stereocenters. The van der Waals surface area contributed by atoms with Crippen LogP contribution in [0, 0.1) is 5.92 Å². The summed E-state index contributed by atoms with van der Waals surface area (Å²) in [6, 6.07) is -13.8. The number of phenols is 1. The van der Waals surface area contributed by atoms with E-state index in [0.29, 0.717) is 23.3 Å². The molecular weight excluding hydrogens is 1430 g/mol. The number of nitrogens with one attached hydrogen (secondary N) is 10. The number of hydrogen-bond donors (Lipinski definition) is 22. The molecule has 2 fully saturated rings. The number of likely N-dealkylation sites (tertiary alicyclic amines) is 2. The van der Waals surface area contributed by atoms with Crippen LogP contribution in [0.2, 0.25) is 0 Å². The number of nitrogens with two attached hydrogens (primary N) is 2. The molecule has 0 aliphatic carbocycles. The van der Waals surface area contributed by atoms with Crippen molar-refractivity contribution in [1.29, 1.82) is 0 Å². The number of carboxylic acids is 1. The minimum absolute atomic E-state index is 0.0789. The number of carboxylic acid groups (broad SMARTS) is 1. The third-order valence-electron chi connectivity index (χ3n) is 18.7. The Kier molecular flexibility index (Phi) is 41.0. The van der Waals surface area contributed by atoms with Crippen LogP contribution in [0.4, 0.5) is 0 Å². The van der Waals surface area contributed by atoms with Crippen molar-refractivity contribution in [3.8, 4) is 5.75 Å². The lowest BCUT2D eigenvalue weighted by atomic mass is 9.99.